The van der Waals surface area contributed by atoms with Gasteiger partial charge in [0.05, 0.1) is 10.9 Å². The predicted molar refractivity (Wildman–Crippen MR) is 54.7 cm³/mol. The number of hydrogen-bond acceptors (Lipinski definition) is 2. The first-order valence-corrected chi connectivity index (χ1v) is 5.39. The van der Waals surface area contributed by atoms with E-state index in [9.17, 15) is 9.90 Å². The van der Waals surface area contributed by atoms with Gasteiger partial charge >= 0.3 is 0 Å². The summed E-state index contributed by atoms with van der Waals surface area (Å²) >= 11 is 3.20. The minimum atomic E-state index is -0.288. The minimum Gasteiger partial charge on any atom is -0.392 e. The Labute approximate surface area is 87.0 Å². The second-order valence-electron chi connectivity index (χ2n) is 4.25. The van der Waals surface area contributed by atoms with Gasteiger partial charge < -0.3 is 10.4 Å². The van der Waals surface area contributed by atoms with E-state index in [-0.39, 0.29) is 28.3 Å². The fourth-order valence-corrected chi connectivity index (χ4v) is 1.57. The van der Waals surface area contributed by atoms with E-state index in [0.717, 1.165) is 0 Å². The Morgan fingerprint density at radius 2 is 2.23 bits per heavy atom. The van der Waals surface area contributed by atoms with Crippen molar-refractivity contribution in [3.05, 3.63) is 0 Å². The Balaban J connectivity index is 2.45. The number of amides is 1. The first-order valence-electron chi connectivity index (χ1n) is 4.48. The van der Waals surface area contributed by atoms with Crippen LogP contribution in [-0.4, -0.2) is 28.0 Å². The number of hydrogen-bond donors (Lipinski definition) is 2. The summed E-state index contributed by atoms with van der Waals surface area (Å²) in [5.74, 6) is -0.00928. The lowest BCUT2D eigenvalue weighted by molar-refractivity contribution is -0.128. The van der Waals surface area contributed by atoms with Crippen LogP contribution < -0.4 is 5.32 Å². The van der Waals surface area contributed by atoms with Gasteiger partial charge in [-0.2, -0.15) is 0 Å². The van der Waals surface area contributed by atoms with E-state index in [0.29, 0.717) is 6.42 Å². The molecule has 0 aromatic heterocycles. The molecule has 0 aliphatic heterocycles. The van der Waals surface area contributed by atoms with Gasteiger partial charge in [-0.1, -0.05) is 29.8 Å². The maximum atomic E-state index is 11.3. The van der Waals surface area contributed by atoms with Gasteiger partial charge in [0, 0.05) is 11.5 Å². The number of rotatable bonds is 2. The van der Waals surface area contributed by atoms with Crippen LogP contribution in [0.4, 0.5) is 0 Å². The zero-order valence-electron chi connectivity index (χ0n) is 8.17. The summed E-state index contributed by atoms with van der Waals surface area (Å²) in [7, 11) is 0. The molecule has 0 radical (unpaired) electrons. The molecule has 0 heterocycles. The van der Waals surface area contributed by atoms with E-state index in [1.807, 2.05) is 13.8 Å². The number of aliphatic hydroxyl groups excluding tert-OH is 1. The Hall–Kier alpha value is -0.0900. The van der Waals surface area contributed by atoms with Crippen LogP contribution in [0.25, 0.3) is 0 Å². The molecule has 1 amide bonds. The second kappa shape index (κ2) is 3.58. The lowest BCUT2D eigenvalue weighted by Gasteiger charge is -2.49. The van der Waals surface area contributed by atoms with Gasteiger partial charge in [-0.05, 0) is 13.3 Å². The van der Waals surface area contributed by atoms with Gasteiger partial charge in [0.2, 0.25) is 5.91 Å². The molecule has 0 aromatic carbocycles. The highest BCUT2D eigenvalue weighted by Gasteiger charge is 2.48. The van der Waals surface area contributed by atoms with E-state index < -0.39 is 0 Å². The van der Waals surface area contributed by atoms with E-state index in [4.69, 9.17) is 0 Å². The number of alkyl halides is 1. The quantitative estimate of drug-likeness (QED) is 0.719. The number of halogens is 1. The molecule has 0 bridgehead atoms. The molecule has 3 atom stereocenters. The molecule has 1 fully saturated rings. The Morgan fingerprint density at radius 1 is 1.69 bits per heavy atom. The zero-order valence-corrected chi connectivity index (χ0v) is 9.76. The molecule has 1 rings (SSSR count). The van der Waals surface area contributed by atoms with Gasteiger partial charge in [0.25, 0.3) is 0 Å². The summed E-state index contributed by atoms with van der Waals surface area (Å²) in [6.07, 6.45) is 0.377. The topological polar surface area (TPSA) is 49.3 Å². The first-order chi connectivity index (χ1) is 5.85. The molecule has 1 aliphatic rings. The molecule has 0 saturated heterocycles. The summed E-state index contributed by atoms with van der Waals surface area (Å²) in [5, 5.41) is 12.3. The molecule has 4 heteroatoms. The Morgan fingerprint density at radius 3 is 2.54 bits per heavy atom. The standard InChI is InChI=1S/C9H16BrNO2/c1-5(10)8(13)11-6-4-7(12)9(6,2)3/h5-7,12H,4H2,1-3H3,(H,11,13). The molecule has 13 heavy (non-hydrogen) atoms. The van der Waals surface area contributed by atoms with Gasteiger partial charge in [-0.3, -0.25) is 4.79 Å². The molecule has 76 valence electrons. The van der Waals surface area contributed by atoms with Crippen LogP contribution in [0.1, 0.15) is 27.2 Å². The van der Waals surface area contributed by atoms with Crippen molar-refractivity contribution in [2.75, 3.05) is 0 Å². The maximum absolute atomic E-state index is 11.3. The van der Waals surface area contributed by atoms with Crippen molar-refractivity contribution < 1.29 is 9.90 Å². The van der Waals surface area contributed by atoms with Crippen molar-refractivity contribution in [3.63, 3.8) is 0 Å². The number of aliphatic hydroxyl groups is 1. The van der Waals surface area contributed by atoms with Gasteiger partial charge in [0.15, 0.2) is 0 Å². The highest BCUT2D eigenvalue weighted by molar-refractivity contribution is 9.10. The van der Waals surface area contributed by atoms with E-state index >= 15 is 0 Å². The van der Waals surface area contributed by atoms with Crippen molar-refractivity contribution in [2.45, 2.75) is 44.2 Å². The highest BCUT2D eigenvalue weighted by atomic mass is 79.9. The van der Waals surface area contributed by atoms with Crippen molar-refractivity contribution in [2.24, 2.45) is 5.41 Å². The van der Waals surface area contributed by atoms with E-state index in [2.05, 4.69) is 21.2 Å². The molecule has 0 spiro atoms. The van der Waals surface area contributed by atoms with E-state index in [1.165, 1.54) is 0 Å². The zero-order chi connectivity index (χ0) is 10.2. The average molecular weight is 250 g/mol. The van der Waals surface area contributed by atoms with Crippen LogP contribution >= 0.6 is 15.9 Å². The molecule has 1 saturated carbocycles. The molecule has 2 N–H and O–H groups in total. The highest BCUT2D eigenvalue weighted by Crippen LogP contribution is 2.40. The number of carbonyl (C=O) groups excluding carboxylic acids is 1. The molecule has 3 unspecified atom stereocenters. The summed E-state index contributed by atoms with van der Waals surface area (Å²) in [6.45, 7) is 5.72. The normalized spacial score (nSPS) is 33.3. The van der Waals surface area contributed by atoms with Gasteiger partial charge in [-0.15, -0.1) is 0 Å². The number of nitrogens with one attached hydrogen (secondary N) is 1. The summed E-state index contributed by atoms with van der Waals surface area (Å²) in [4.78, 5) is 11.1. The van der Waals surface area contributed by atoms with Crippen molar-refractivity contribution in [1.82, 2.24) is 5.32 Å². The van der Waals surface area contributed by atoms with Crippen molar-refractivity contribution in [1.29, 1.82) is 0 Å². The molecular weight excluding hydrogens is 234 g/mol. The van der Waals surface area contributed by atoms with Crippen LogP contribution in [-0.2, 0) is 4.79 Å². The van der Waals surface area contributed by atoms with Crippen LogP contribution in [0.3, 0.4) is 0 Å². The second-order valence-corrected chi connectivity index (χ2v) is 5.62. The van der Waals surface area contributed by atoms with Crippen LogP contribution in [0.5, 0.6) is 0 Å². The smallest absolute Gasteiger partial charge is 0.233 e. The largest absolute Gasteiger partial charge is 0.392 e. The molecular formula is C9H16BrNO2. The van der Waals surface area contributed by atoms with Crippen LogP contribution in [0.15, 0.2) is 0 Å². The summed E-state index contributed by atoms with van der Waals surface area (Å²) in [6, 6.07) is 0.106. The lowest BCUT2D eigenvalue weighted by Crippen LogP contribution is -2.61. The summed E-state index contributed by atoms with van der Waals surface area (Å²) in [5.41, 5.74) is -0.183. The Kier molecular flexibility index (Phi) is 3.02. The third-order valence-corrected chi connectivity index (χ3v) is 3.31. The SMILES string of the molecule is CC(Br)C(=O)NC1CC(O)C1(C)C. The van der Waals surface area contributed by atoms with Crippen molar-refractivity contribution in [3.8, 4) is 0 Å². The molecule has 0 aromatic rings. The third kappa shape index (κ3) is 2.05. The fourth-order valence-electron chi connectivity index (χ4n) is 1.43. The number of carbonyl (C=O) groups is 1. The summed E-state index contributed by atoms with van der Waals surface area (Å²) < 4.78 is 0. The predicted octanol–water partition coefficient (Wildman–Crippen LogP) is 1.05. The van der Waals surface area contributed by atoms with Crippen LogP contribution in [0, 0.1) is 5.41 Å². The minimum absolute atomic E-state index is 0.00928. The monoisotopic (exact) mass is 249 g/mol. The maximum Gasteiger partial charge on any atom is 0.233 e. The Bertz CT molecular complexity index is 216. The lowest BCUT2D eigenvalue weighted by atomic mass is 9.64. The van der Waals surface area contributed by atoms with Gasteiger partial charge in [-0.25, -0.2) is 0 Å². The van der Waals surface area contributed by atoms with Gasteiger partial charge in [0.1, 0.15) is 0 Å². The molecule has 3 nitrogen and oxygen atoms in total. The third-order valence-electron chi connectivity index (χ3n) is 2.89. The molecule has 1 aliphatic carbocycles. The fraction of sp³-hybridized carbons (Fsp3) is 0.889. The van der Waals surface area contributed by atoms with Crippen LogP contribution in [0.2, 0.25) is 0 Å². The average Bonchev–Trinajstić information content (AvgIpc) is 2.03. The van der Waals surface area contributed by atoms with Crippen molar-refractivity contribution >= 4 is 21.8 Å². The van der Waals surface area contributed by atoms with E-state index in [1.54, 1.807) is 6.92 Å². The first kappa shape index (κ1) is 11.0.